The molecule has 148 valence electrons. The summed E-state index contributed by atoms with van der Waals surface area (Å²) in [5.41, 5.74) is 0.142. The Labute approximate surface area is 162 Å². The SMILES string of the molecule is CN(CC1CCCNC1)C(=O)c1cc(COc2c(F)cccc2F)on1.Cl. The number of carbonyl (C=O) groups is 1. The number of hydrogen-bond donors (Lipinski definition) is 1. The molecule has 0 spiro atoms. The average Bonchev–Trinajstić information content (AvgIpc) is 3.10. The van der Waals surface area contributed by atoms with Gasteiger partial charge in [0.2, 0.25) is 0 Å². The molecule has 2 heterocycles. The molecule has 6 nitrogen and oxygen atoms in total. The summed E-state index contributed by atoms with van der Waals surface area (Å²) in [5, 5.41) is 7.05. The number of piperidine rings is 1. The minimum absolute atomic E-state index is 0. The Bertz CT molecular complexity index is 746. The van der Waals surface area contributed by atoms with E-state index in [2.05, 4.69) is 10.5 Å². The van der Waals surface area contributed by atoms with Crippen molar-refractivity contribution in [1.82, 2.24) is 15.4 Å². The van der Waals surface area contributed by atoms with Gasteiger partial charge in [-0.05, 0) is 44.0 Å². The summed E-state index contributed by atoms with van der Waals surface area (Å²) in [6, 6.07) is 4.88. The van der Waals surface area contributed by atoms with Crippen LogP contribution in [0.3, 0.4) is 0 Å². The number of hydrogen-bond acceptors (Lipinski definition) is 5. The zero-order valence-electron chi connectivity index (χ0n) is 14.9. The zero-order valence-corrected chi connectivity index (χ0v) is 15.7. The number of amides is 1. The van der Waals surface area contributed by atoms with E-state index in [1.807, 2.05) is 0 Å². The zero-order chi connectivity index (χ0) is 18.5. The fourth-order valence-electron chi connectivity index (χ4n) is 2.99. The monoisotopic (exact) mass is 401 g/mol. The van der Waals surface area contributed by atoms with Crippen molar-refractivity contribution < 1.29 is 22.8 Å². The fraction of sp³-hybridized carbons (Fsp3) is 0.444. The molecule has 2 aromatic rings. The quantitative estimate of drug-likeness (QED) is 0.805. The van der Waals surface area contributed by atoms with Crippen LogP contribution in [0, 0.1) is 17.6 Å². The van der Waals surface area contributed by atoms with Crippen molar-refractivity contribution in [3.63, 3.8) is 0 Å². The van der Waals surface area contributed by atoms with Gasteiger partial charge in [0.15, 0.2) is 28.8 Å². The summed E-state index contributed by atoms with van der Waals surface area (Å²) in [5.74, 6) is -1.73. The Morgan fingerprint density at radius 3 is 2.81 bits per heavy atom. The second kappa shape index (κ2) is 9.66. The summed E-state index contributed by atoms with van der Waals surface area (Å²) in [6.07, 6.45) is 2.18. The van der Waals surface area contributed by atoms with Crippen LogP contribution in [-0.2, 0) is 6.61 Å². The van der Waals surface area contributed by atoms with Gasteiger partial charge in [-0.25, -0.2) is 8.78 Å². The molecule has 9 heteroatoms. The van der Waals surface area contributed by atoms with Gasteiger partial charge >= 0.3 is 0 Å². The number of carbonyl (C=O) groups excluding carboxylic acids is 1. The van der Waals surface area contributed by atoms with Gasteiger partial charge in [-0.2, -0.15) is 0 Å². The molecule has 1 amide bonds. The Morgan fingerprint density at radius 1 is 1.41 bits per heavy atom. The van der Waals surface area contributed by atoms with Crippen LogP contribution in [0.25, 0.3) is 0 Å². The smallest absolute Gasteiger partial charge is 0.275 e. The Hall–Kier alpha value is -2.19. The predicted molar refractivity (Wildman–Crippen MR) is 97.0 cm³/mol. The highest BCUT2D eigenvalue weighted by Crippen LogP contribution is 2.22. The van der Waals surface area contributed by atoms with E-state index in [1.165, 1.54) is 12.1 Å². The van der Waals surface area contributed by atoms with Crippen molar-refractivity contribution >= 4 is 18.3 Å². The van der Waals surface area contributed by atoms with Gasteiger partial charge in [0.05, 0.1) is 0 Å². The standard InChI is InChI=1S/C18H21F2N3O3.ClH/c1-23(10-12-4-3-7-21-9-12)18(24)16-8-13(26-22-16)11-25-17-14(19)5-2-6-15(17)20;/h2,5-6,8,12,21H,3-4,7,9-11H2,1H3;1H. The molecule has 1 aromatic heterocycles. The number of aromatic nitrogens is 1. The van der Waals surface area contributed by atoms with E-state index in [-0.39, 0.29) is 36.4 Å². The van der Waals surface area contributed by atoms with Gasteiger partial charge in [-0.15, -0.1) is 12.4 Å². The topological polar surface area (TPSA) is 67.6 Å². The summed E-state index contributed by atoms with van der Waals surface area (Å²) >= 11 is 0. The van der Waals surface area contributed by atoms with E-state index in [1.54, 1.807) is 11.9 Å². The first kappa shape index (κ1) is 21.1. The molecule has 1 unspecified atom stereocenters. The first-order valence-corrected chi connectivity index (χ1v) is 8.53. The molecule has 0 aliphatic carbocycles. The highest BCUT2D eigenvalue weighted by molar-refractivity contribution is 5.92. The van der Waals surface area contributed by atoms with Crippen molar-refractivity contribution in [3.8, 4) is 5.75 Å². The van der Waals surface area contributed by atoms with Gasteiger partial charge in [0.1, 0.15) is 6.61 Å². The van der Waals surface area contributed by atoms with Crippen LogP contribution >= 0.6 is 12.4 Å². The normalized spacial score (nSPS) is 16.5. The van der Waals surface area contributed by atoms with Crippen LogP contribution in [0.2, 0.25) is 0 Å². The molecule has 1 aliphatic heterocycles. The molecule has 1 N–H and O–H groups in total. The fourth-order valence-corrected chi connectivity index (χ4v) is 2.99. The summed E-state index contributed by atoms with van der Waals surface area (Å²) in [7, 11) is 1.72. The van der Waals surface area contributed by atoms with Crippen LogP contribution in [0.4, 0.5) is 8.78 Å². The molecule has 27 heavy (non-hydrogen) atoms. The molecular formula is C18H22ClF2N3O3. The lowest BCUT2D eigenvalue weighted by atomic mass is 9.99. The summed E-state index contributed by atoms with van der Waals surface area (Å²) < 4.78 is 37.2. The lowest BCUT2D eigenvalue weighted by molar-refractivity contribution is 0.0754. The van der Waals surface area contributed by atoms with Crippen LogP contribution in [0.15, 0.2) is 28.8 Å². The van der Waals surface area contributed by atoms with E-state index in [9.17, 15) is 13.6 Å². The molecule has 0 bridgehead atoms. The maximum atomic E-state index is 13.5. The van der Waals surface area contributed by atoms with Crippen molar-refractivity contribution in [3.05, 3.63) is 47.4 Å². The Kier molecular flexibility index (Phi) is 7.55. The Balaban J connectivity index is 0.00000261. The third-order valence-electron chi connectivity index (χ3n) is 4.33. The summed E-state index contributed by atoms with van der Waals surface area (Å²) in [4.78, 5) is 14.0. The number of nitrogens with zero attached hydrogens (tertiary/aromatic N) is 2. The number of halogens is 3. The van der Waals surface area contributed by atoms with Crippen molar-refractivity contribution in [2.24, 2.45) is 5.92 Å². The lowest BCUT2D eigenvalue weighted by Crippen LogP contribution is -2.39. The first-order valence-electron chi connectivity index (χ1n) is 8.53. The molecule has 1 fully saturated rings. The molecule has 1 aromatic carbocycles. The number of nitrogens with one attached hydrogen (secondary N) is 1. The Morgan fingerprint density at radius 2 is 2.15 bits per heavy atom. The van der Waals surface area contributed by atoms with E-state index in [4.69, 9.17) is 9.26 Å². The molecule has 0 radical (unpaired) electrons. The van der Waals surface area contributed by atoms with Crippen molar-refractivity contribution in [1.29, 1.82) is 0 Å². The number of benzene rings is 1. The minimum atomic E-state index is -0.804. The van der Waals surface area contributed by atoms with Gasteiger partial charge in [0.25, 0.3) is 5.91 Å². The number of rotatable bonds is 6. The molecule has 1 saturated heterocycles. The number of ether oxygens (including phenoxy) is 1. The van der Waals surface area contributed by atoms with Gasteiger partial charge in [-0.1, -0.05) is 11.2 Å². The van der Waals surface area contributed by atoms with E-state index in [0.29, 0.717) is 12.5 Å². The largest absolute Gasteiger partial charge is 0.479 e. The number of para-hydroxylation sites is 1. The molecule has 1 atom stereocenters. The second-order valence-corrected chi connectivity index (χ2v) is 6.42. The minimum Gasteiger partial charge on any atom is -0.479 e. The highest BCUT2D eigenvalue weighted by Gasteiger charge is 2.22. The predicted octanol–water partition coefficient (Wildman–Crippen LogP) is 3.03. The maximum absolute atomic E-state index is 13.5. The third-order valence-corrected chi connectivity index (χ3v) is 4.33. The van der Waals surface area contributed by atoms with E-state index in [0.717, 1.165) is 38.1 Å². The first-order chi connectivity index (χ1) is 12.5. The van der Waals surface area contributed by atoms with Crippen molar-refractivity contribution in [2.45, 2.75) is 19.4 Å². The molecule has 0 saturated carbocycles. The third kappa shape index (κ3) is 5.40. The average molecular weight is 402 g/mol. The summed E-state index contributed by atoms with van der Waals surface area (Å²) in [6.45, 7) is 2.31. The van der Waals surface area contributed by atoms with Crippen LogP contribution in [-0.4, -0.2) is 42.6 Å². The second-order valence-electron chi connectivity index (χ2n) is 6.42. The van der Waals surface area contributed by atoms with E-state index >= 15 is 0 Å². The van der Waals surface area contributed by atoms with Crippen LogP contribution in [0.5, 0.6) is 5.75 Å². The molecular weight excluding hydrogens is 380 g/mol. The van der Waals surface area contributed by atoms with Gasteiger partial charge in [-0.3, -0.25) is 4.79 Å². The molecule has 1 aliphatic rings. The highest BCUT2D eigenvalue weighted by atomic mass is 35.5. The molecule has 3 rings (SSSR count). The lowest BCUT2D eigenvalue weighted by Gasteiger charge is -2.27. The van der Waals surface area contributed by atoms with Gasteiger partial charge in [0, 0.05) is 19.7 Å². The van der Waals surface area contributed by atoms with Gasteiger partial charge < -0.3 is 19.5 Å². The van der Waals surface area contributed by atoms with Crippen LogP contribution in [0.1, 0.15) is 29.1 Å². The van der Waals surface area contributed by atoms with Crippen LogP contribution < -0.4 is 10.1 Å². The van der Waals surface area contributed by atoms with Crippen molar-refractivity contribution in [2.75, 3.05) is 26.7 Å². The van der Waals surface area contributed by atoms with E-state index < -0.39 is 17.4 Å². The maximum Gasteiger partial charge on any atom is 0.275 e.